The molecule has 0 aliphatic heterocycles. The molecule has 0 unspecified atom stereocenters. The molecule has 0 amide bonds. The maximum Gasteiger partial charge on any atom is 0.303 e. The minimum Gasteiger partial charge on any atom is -0.481 e. The van der Waals surface area contributed by atoms with Gasteiger partial charge in [-0.1, -0.05) is 18.0 Å². The van der Waals surface area contributed by atoms with Gasteiger partial charge in [0, 0.05) is 6.42 Å². The second-order valence-corrected chi connectivity index (χ2v) is 5.86. The Morgan fingerprint density at radius 2 is 2.22 bits per heavy atom. The van der Waals surface area contributed by atoms with E-state index in [2.05, 4.69) is 10.1 Å². The van der Waals surface area contributed by atoms with Crippen molar-refractivity contribution in [2.24, 2.45) is 5.41 Å². The van der Waals surface area contributed by atoms with Gasteiger partial charge in [0.2, 0.25) is 5.89 Å². The molecule has 1 heterocycles. The first kappa shape index (κ1) is 13.4. The van der Waals surface area contributed by atoms with Crippen LogP contribution in [0.25, 0.3) is 0 Å². The van der Waals surface area contributed by atoms with Crippen LogP contribution >= 0.6 is 11.8 Å². The number of carboxylic acid groups (broad SMARTS) is 1. The first-order valence-electron chi connectivity index (χ1n) is 6.16. The fourth-order valence-electron chi connectivity index (χ4n) is 2.73. The quantitative estimate of drug-likeness (QED) is 0.856. The number of hydrogen-bond acceptors (Lipinski definition) is 5. The van der Waals surface area contributed by atoms with Gasteiger partial charge in [-0.05, 0) is 24.5 Å². The number of aromatic nitrogens is 2. The molecule has 5 nitrogen and oxygen atoms in total. The molecule has 0 bridgehead atoms. The molecule has 1 fully saturated rings. The van der Waals surface area contributed by atoms with Crippen molar-refractivity contribution in [1.82, 2.24) is 10.1 Å². The van der Waals surface area contributed by atoms with Crippen molar-refractivity contribution in [3.8, 4) is 0 Å². The molecule has 1 aliphatic carbocycles. The zero-order chi connectivity index (χ0) is 13.0. The van der Waals surface area contributed by atoms with Crippen molar-refractivity contribution in [3.05, 3.63) is 11.7 Å². The standard InChI is InChI=1S/C12H18N2O3S/c1-18-8-9-13-10(17-14-9)6-12(7-11(15)16)4-2-3-5-12/h2-8H2,1H3,(H,15,16). The van der Waals surface area contributed by atoms with E-state index in [1.807, 2.05) is 6.26 Å². The number of carbonyl (C=O) groups is 1. The first-order valence-corrected chi connectivity index (χ1v) is 7.55. The average molecular weight is 270 g/mol. The number of hydrogen-bond donors (Lipinski definition) is 1. The highest BCUT2D eigenvalue weighted by Crippen LogP contribution is 2.43. The second kappa shape index (κ2) is 5.73. The molecule has 1 aromatic heterocycles. The Morgan fingerprint density at radius 1 is 1.50 bits per heavy atom. The van der Waals surface area contributed by atoms with Crippen molar-refractivity contribution in [2.45, 2.75) is 44.3 Å². The summed E-state index contributed by atoms with van der Waals surface area (Å²) in [5.74, 6) is 1.28. The Labute approximate surface area is 110 Å². The molecule has 6 heteroatoms. The maximum absolute atomic E-state index is 11.0. The van der Waals surface area contributed by atoms with Crippen LogP contribution in [0.4, 0.5) is 0 Å². The van der Waals surface area contributed by atoms with Crippen LogP contribution in [0.15, 0.2) is 4.52 Å². The van der Waals surface area contributed by atoms with E-state index in [1.165, 1.54) is 0 Å². The normalized spacial score (nSPS) is 18.1. The second-order valence-electron chi connectivity index (χ2n) is 4.99. The number of carboxylic acids is 1. The Bertz CT molecular complexity index is 413. The van der Waals surface area contributed by atoms with E-state index >= 15 is 0 Å². The topological polar surface area (TPSA) is 76.2 Å². The molecule has 100 valence electrons. The Morgan fingerprint density at radius 3 is 2.83 bits per heavy atom. The lowest BCUT2D eigenvalue weighted by atomic mass is 9.79. The molecule has 1 saturated carbocycles. The number of thioether (sulfide) groups is 1. The predicted octanol–water partition coefficient (Wildman–Crippen LogP) is 2.51. The van der Waals surface area contributed by atoms with Gasteiger partial charge < -0.3 is 9.63 Å². The van der Waals surface area contributed by atoms with Crippen LogP contribution in [-0.4, -0.2) is 27.5 Å². The van der Waals surface area contributed by atoms with E-state index in [-0.39, 0.29) is 11.8 Å². The summed E-state index contributed by atoms with van der Waals surface area (Å²) in [7, 11) is 0. The Kier molecular flexibility index (Phi) is 4.27. The van der Waals surface area contributed by atoms with Gasteiger partial charge in [-0.15, -0.1) is 0 Å². The van der Waals surface area contributed by atoms with Crippen molar-refractivity contribution in [1.29, 1.82) is 0 Å². The van der Waals surface area contributed by atoms with Crippen LogP contribution in [0, 0.1) is 5.41 Å². The van der Waals surface area contributed by atoms with Crippen molar-refractivity contribution in [2.75, 3.05) is 6.26 Å². The minimum atomic E-state index is -0.735. The summed E-state index contributed by atoms with van der Waals surface area (Å²) in [6, 6.07) is 0. The monoisotopic (exact) mass is 270 g/mol. The third kappa shape index (κ3) is 3.25. The van der Waals surface area contributed by atoms with E-state index in [4.69, 9.17) is 9.63 Å². The highest BCUT2D eigenvalue weighted by molar-refractivity contribution is 7.97. The third-order valence-corrected chi connectivity index (χ3v) is 4.05. The molecule has 2 rings (SSSR count). The lowest BCUT2D eigenvalue weighted by molar-refractivity contribution is -0.139. The molecule has 1 aromatic rings. The van der Waals surface area contributed by atoms with E-state index < -0.39 is 5.97 Å². The molecule has 18 heavy (non-hydrogen) atoms. The highest BCUT2D eigenvalue weighted by atomic mass is 32.2. The third-order valence-electron chi connectivity index (χ3n) is 3.50. The van der Waals surface area contributed by atoms with Gasteiger partial charge in [0.05, 0.1) is 12.2 Å². The summed E-state index contributed by atoms with van der Waals surface area (Å²) in [5, 5.41) is 12.9. The molecule has 0 spiro atoms. The number of aliphatic carboxylic acids is 1. The number of nitrogens with zero attached hydrogens (tertiary/aromatic N) is 2. The summed E-state index contributed by atoms with van der Waals surface area (Å²) in [5.41, 5.74) is -0.172. The Balaban J connectivity index is 2.05. The van der Waals surface area contributed by atoms with E-state index in [0.717, 1.165) is 31.4 Å². The fraction of sp³-hybridized carbons (Fsp3) is 0.750. The van der Waals surface area contributed by atoms with Gasteiger partial charge in [0.25, 0.3) is 0 Å². The zero-order valence-corrected chi connectivity index (χ0v) is 11.3. The summed E-state index contributed by atoms with van der Waals surface area (Å²) >= 11 is 1.64. The smallest absolute Gasteiger partial charge is 0.303 e. The van der Waals surface area contributed by atoms with E-state index in [1.54, 1.807) is 11.8 Å². The summed E-state index contributed by atoms with van der Waals surface area (Å²) in [4.78, 5) is 15.3. The molecule has 0 radical (unpaired) electrons. The summed E-state index contributed by atoms with van der Waals surface area (Å²) in [6.07, 6.45) is 6.87. The van der Waals surface area contributed by atoms with Gasteiger partial charge in [-0.25, -0.2) is 0 Å². The molecule has 0 saturated heterocycles. The van der Waals surface area contributed by atoms with Gasteiger partial charge >= 0.3 is 5.97 Å². The highest BCUT2D eigenvalue weighted by Gasteiger charge is 2.37. The van der Waals surface area contributed by atoms with Crippen LogP contribution < -0.4 is 0 Å². The first-order chi connectivity index (χ1) is 8.63. The zero-order valence-electron chi connectivity index (χ0n) is 10.5. The maximum atomic E-state index is 11.0. The lowest BCUT2D eigenvalue weighted by Gasteiger charge is -2.24. The van der Waals surface area contributed by atoms with Crippen molar-refractivity contribution < 1.29 is 14.4 Å². The van der Waals surface area contributed by atoms with Crippen molar-refractivity contribution in [3.63, 3.8) is 0 Å². The van der Waals surface area contributed by atoms with Crippen LogP contribution in [-0.2, 0) is 17.0 Å². The van der Waals surface area contributed by atoms with Gasteiger partial charge in [-0.2, -0.15) is 16.7 Å². The van der Waals surface area contributed by atoms with E-state index in [0.29, 0.717) is 18.1 Å². The lowest BCUT2D eigenvalue weighted by Crippen LogP contribution is -2.24. The molecule has 0 aromatic carbocycles. The largest absolute Gasteiger partial charge is 0.481 e. The number of rotatable bonds is 6. The minimum absolute atomic E-state index is 0.172. The molecule has 1 N–H and O–H groups in total. The average Bonchev–Trinajstić information content (AvgIpc) is 2.89. The predicted molar refractivity (Wildman–Crippen MR) is 68.4 cm³/mol. The SMILES string of the molecule is CSCc1noc(CC2(CC(=O)O)CCCC2)n1. The van der Waals surface area contributed by atoms with Crippen LogP contribution in [0.5, 0.6) is 0 Å². The molecular weight excluding hydrogens is 252 g/mol. The molecule has 1 aliphatic rings. The summed E-state index contributed by atoms with van der Waals surface area (Å²) in [6.45, 7) is 0. The van der Waals surface area contributed by atoms with Crippen LogP contribution in [0.1, 0.15) is 43.8 Å². The van der Waals surface area contributed by atoms with Gasteiger partial charge in [0.15, 0.2) is 5.82 Å². The summed E-state index contributed by atoms with van der Waals surface area (Å²) < 4.78 is 5.22. The Hall–Kier alpha value is -1.04. The molecular formula is C12H18N2O3S. The van der Waals surface area contributed by atoms with Crippen LogP contribution in [0.2, 0.25) is 0 Å². The fourth-order valence-corrected chi connectivity index (χ4v) is 3.11. The van der Waals surface area contributed by atoms with Crippen molar-refractivity contribution >= 4 is 17.7 Å². The van der Waals surface area contributed by atoms with Gasteiger partial charge in [-0.3, -0.25) is 4.79 Å². The van der Waals surface area contributed by atoms with Gasteiger partial charge in [0.1, 0.15) is 0 Å². The van der Waals surface area contributed by atoms with E-state index in [9.17, 15) is 4.79 Å². The van der Waals surface area contributed by atoms with Crippen LogP contribution in [0.3, 0.4) is 0 Å². The molecule has 0 atom stereocenters.